The van der Waals surface area contributed by atoms with E-state index in [0.29, 0.717) is 13.0 Å². The topological polar surface area (TPSA) is 55.8 Å². The number of nitrogens with zero attached hydrogens (tertiary/aromatic N) is 1. The van der Waals surface area contributed by atoms with Gasteiger partial charge in [-0.3, -0.25) is 0 Å². The van der Waals surface area contributed by atoms with E-state index in [1.54, 1.807) is 17.1 Å². The van der Waals surface area contributed by atoms with Crippen LogP contribution in [0.5, 0.6) is 0 Å². The van der Waals surface area contributed by atoms with Crippen LogP contribution in [0.1, 0.15) is 46.5 Å². The first-order valence-corrected chi connectivity index (χ1v) is 7.80. The van der Waals surface area contributed by atoms with Gasteiger partial charge in [-0.1, -0.05) is 6.08 Å². The second-order valence-corrected chi connectivity index (χ2v) is 6.89. The maximum Gasteiger partial charge on any atom is 0.410 e. The van der Waals surface area contributed by atoms with E-state index >= 15 is 0 Å². The minimum absolute atomic E-state index is 0.211. The maximum absolute atomic E-state index is 12.5. The minimum Gasteiger partial charge on any atom is -0.449 e. The standard InChI is InChI=1S/C17H25NO4/c1-5-10-17(11-9-14(19)21-17)13-8-6-7-12-18(13)15(20)22-16(2,3)4/h5,9,11,13H,1,6-8,10,12H2,2-4H3. The predicted octanol–water partition coefficient (Wildman–Crippen LogP) is 3.20. The van der Waals surface area contributed by atoms with Gasteiger partial charge in [-0.25, -0.2) is 9.59 Å². The van der Waals surface area contributed by atoms with E-state index in [1.165, 1.54) is 6.08 Å². The van der Waals surface area contributed by atoms with Crippen LogP contribution in [0, 0.1) is 0 Å². The summed E-state index contributed by atoms with van der Waals surface area (Å²) in [5.74, 6) is -0.364. The summed E-state index contributed by atoms with van der Waals surface area (Å²) in [7, 11) is 0. The van der Waals surface area contributed by atoms with E-state index in [2.05, 4.69) is 6.58 Å². The molecule has 0 aromatic carbocycles. The highest BCUT2D eigenvalue weighted by Gasteiger charge is 2.48. The van der Waals surface area contributed by atoms with Gasteiger partial charge in [-0.05, 0) is 46.1 Å². The Morgan fingerprint density at radius 2 is 2.27 bits per heavy atom. The number of carbonyl (C=O) groups excluding carboxylic acids is 2. The largest absolute Gasteiger partial charge is 0.449 e. The molecule has 0 aromatic heterocycles. The fraction of sp³-hybridized carbons (Fsp3) is 0.647. The quantitative estimate of drug-likeness (QED) is 0.593. The highest BCUT2D eigenvalue weighted by atomic mass is 16.6. The number of ether oxygens (including phenoxy) is 2. The average Bonchev–Trinajstić information content (AvgIpc) is 2.80. The van der Waals surface area contributed by atoms with Gasteiger partial charge in [0.25, 0.3) is 0 Å². The third kappa shape index (κ3) is 3.51. The number of rotatable bonds is 3. The molecular weight excluding hydrogens is 282 g/mol. The molecule has 122 valence electrons. The molecule has 0 aromatic rings. The van der Waals surface area contributed by atoms with Crippen molar-refractivity contribution in [3.63, 3.8) is 0 Å². The van der Waals surface area contributed by atoms with Crippen LogP contribution in [-0.4, -0.2) is 40.8 Å². The number of cyclic esters (lactones) is 1. The lowest BCUT2D eigenvalue weighted by molar-refractivity contribution is -0.152. The third-order valence-electron chi connectivity index (χ3n) is 3.95. The van der Waals surface area contributed by atoms with Gasteiger partial charge in [0.15, 0.2) is 5.60 Å². The van der Waals surface area contributed by atoms with Crippen molar-refractivity contribution in [2.45, 2.75) is 63.7 Å². The van der Waals surface area contributed by atoms with Crippen LogP contribution in [0.3, 0.4) is 0 Å². The average molecular weight is 307 g/mol. The lowest BCUT2D eigenvalue weighted by atomic mass is 9.84. The zero-order valence-electron chi connectivity index (χ0n) is 13.6. The van der Waals surface area contributed by atoms with Crippen molar-refractivity contribution in [1.82, 2.24) is 4.90 Å². The molecule has 1 amide bonds. The van der Waals surface area contributed by atoms with E-state index in [0.717, 1.165) is 19.3 Å². The van der Waals surface area contributed by atoms with Crippen LogP contribution in [0.25, 0.3) is 0 Å². The SMILES string of the molecule is C=CCC1(C2CCCCN2C(=O)OC(C)(C)C)C=CC(=O)O1. The molecule has 2 unspecified atom stereocenters. The van der Waals surface area contributed by atoms with Gasteiger partial charge in [0.05, 0.1) is 6.04 Å². The Balaban J connectivity index is 2.25. The number of hydrogen-bond acceptors (Lipinski definition) is 4. The van der Waals surface area contributed by atoms with Crippen LogP contribution < -0.4 is 0 Å². The molecule has 0 saturated carbocycles. The van der Waals surface area contributed by atoms with Crippen LogP contribution in [0.2, 0.25) is 0 Å². The van der Waals surface area contributed by atoms with Crippen molar-refractivity contribution in [2.24, 2.45) is 0 Å². The third-order valence-corrected chi connectivity index (χ3v) is 3.95. The Kier molecular flexibility index (Phi) is 4.63. The molecule has 22 heavy (non-hydrogen) atoms. The first-order chi connectivity index (χ1) is 10.3. The number of esters is 1. The zero-order valence-corrected chi connectivity index (χ0v) is 13.6. The molecular formula is C17H25NO4. The monoisotopic (exact) mass is 307 g/mol. The Bertz CT molecular complexity index is 491. The fourth-order valence-corrected chi connectivity index (χ4v) is 3.09. The summed E-state index contributed by atoms with van der Waals surface area (Å²) in [6, 6.07) is -0.211. The lowest BCUT2D eigenvalue weighted by Crippen LogP contribution is -2.57. The first kappa shape index (κ1) is 16.6. The van der Waals surface area contributed by atoms with Crippen LogP contribution in [0.4, 0.5) is 4.79 Å². The van der Waals surface area contributed by atoms with Crippen molar-refractivity contribution in [1.29, 1.82) is 0 Å². The number of amides is 1. The van der Waals surface area contributed by atoms with Crippen molar-refractivity contribution >= 4 is 12.1 Å². The molecule has 0 bridgehead atoms. The Hall–Kier alpha value is -1.78. The van der Waals surface area contributed by atoms with Gasteiger partial charge in [0, 0.05) is 19.0 Å². The van der Waals surface area contributed by atoms with Gasteiger partial charge < -0.3 is 14.4 Å². The normalized spacial score (nSPS) is 28.4. The molecule has 2 heterocycles. The van der Waals surface area contributed by atoms with E-state index in [-0.39, 0.29) is 18.1 Å². The zero-order chi connectivity index (χ0) is 16.4. The number of hydrogen-bond donors (Lipinski definition) is 0. The van der Waals surface area contributed by atoms with Gasteiger partial charge >= 0.3 is 12.1 Å². The first-order valence-electron chi connectivity index (χ1n) is 7.80. The second kappa shape index (κ2) is 6.15. The highest BCUT2D eigenvalue weighted by Crippen LogP contribution is 2.37. The summed E-state index contributed by atoms with van der Waals surface area (Å²) in [4.78, 5) is 25.8. The number of carbonyl (C=O) groups is 2. The van der Waals surface area contributed by atoms with E-state index in [4.69, 9.17) is 9.47 Å². The molecule has 2 aliphatic rings. The summed E-state index contributed by atoms with van der Waals surface area (Å²) in [5.41, 5.74) is -1.36. The molecule has 5 nitrogen and oxygen atoms in total. The van der Waals surface area contributed by atoms with Gasteiger partial charge in [-0.15, -0.1) is 6.58 Å². The Morgan fingerprint density at radius 3 is 2.82 bits per heavy atom. The van der Waals surface area contributed by atoms with Crippen LogP contribution >= 0.6 is 0 Å². The molecule has 0 aliphatic carbocycles. The van der Waals surface area contributed by atoms with Crippen molar-refractivity contribution in [2.75, 3.05) is 6.54 Å². The predicted molar refractivity (Wildman–Crippen MR) is 83.4 cm³/mol. The fourth-order valence-electron chi connectivity index (χ4n) is 3.09. The summed E-state index contributed by atoms with van der Waals surface area (Å²) < 4.78 is 11.1. The maximum atomic E-state index is 12.5. The molecule has 2 atom stereocenters. The summed E-state index contributed by atoms with van der Waals surface area (Å²) in [6.45, 7) is 9.91. The molecule has 2 rings (SSSR count). The Labute approximate surface area is 131 Å². The molecule has 0 spiro atoms. The molecule has 0 radical (unpaired) electrons. The smallest absolute Gasteiger partial charge is 0.410 e. The summed E-state index contributed by atoms with van der Waals surface area (Å²) >= 11 is 0. The van der Waals surface area contributed by atoms with E-state index in [9.17, 15) is 9.59 Å². The number of likely N-dealkylation sites (tertiary alicyclic amines) is 1. The number of piperidine rings is 1. The van der Waals surface area contributed by atoms with Crippen LogP contribution in [-0.2, 0) is 14.3 Å². The van der Waals surface area contributed by atoms with Crippen molar-refractivity contribution in [3.8, 4) is 0 Å². The molecule has 1 saturated heterocycles. The van der Waals surface area contributed by atoms with Crippen LogP contribution in [0.15, 0.2) is 24.8 Å². The Morgan fingerprint density at radius 1 is 1.55 bits per heavy atom. The highest BCUT2D eigenvalue weighted by molar-refractivity contribution is 5.85. The molecule has 1 fully saturated rings. The van der Waals surface area contributed by atoms with E-state index < -0.39 is 11.2 Å². The minimum atomic E-state index is -0.809. The summed E-state index contributed by atoms with van der Waals surface area (Å²) in [5, 5.41) is 0. The molecule has 5 heteroatoms. The molecule has 0 N–H and O–H groups in total. The lowest BCUT2D eigenvalue weighted by Gasteiger charge is -2.44. The van der Waals surface area contributed by atoms with Crippen molar-refractivity contribution in [3.05, 3.63) is 24.8 Å². The van der Waals surface area contributed by atoms with Gasteiger partial charge in [0.2, 0.25) is 0 Å². The summed E-state index contributed by atoms with van der Waals surface area (Å²) in [6.07, 6.45) is 7.77. The van der Waals surface area contributed by atoms with Gasteiger partial charge in [-0.2, -0.15) is 0 Å². The second-order valence-electron chi connectivity index (χ2n) is 6.89. The van der Waals surface area contributed by atoms with E-state index in [1.807, 2.05) is 20.8 Å². The van der Waals surface area contributed by atoms with Gasteiger partial charge in [0.1, 0.15) is 5.60 Å². The van der Waals surface area contributed by atoms with Crippen molar-refractivity contribution < 1.29 is 19.1 Å². The molecule has 2 aliphatic heterocycles.